The number of aromatic carboxylic acids is 1. The third kappa shape index (κ3) is 3.20. The highest BCUT2D eigenvalue weighted by Crippen LogP contribution is 2.55. The second-order valence-electron chi connectivity index (χ2n) is 7.29. The van der Waals surface area contributed by atoms with E-state index in [-0.39, 0.29) is 5.56 Å². The Kier molecular flexibility index (Phi) is 5.21. The maximum absolute atomic E-state index is 11.1. The van der Waals surface area contributed by atoms with E-state index in [1.165, 1.54) is 38.3 Å². The molecule has 1 heterocycles. The molecule has 2 unspecified atom stereocenters. The van der Waals surface area contributed by atoms with Crippen LogP contribution in [0.15, 0.2) is 18.5 Å². The SMILES string of the molecule is CCOC1CC(N(C)Cc2cncc(C(=O)O)c2)C12CCCCC2. The summed E-state index contributed by atoms with van der Waals surface area (Å²) in [7, 11) is 2.15. The molecule has 5 heteroatoms. The average molecular weight is 332 g/mol. The van der Waals surface area contributed by atoms with Crippen LogP contribution in [0.2, 0.25) is 0 Å². The van der Waals surface area contributed by atoms with Crippen molar-refractivity contribution in [3.63, 3.8) is 0 Å². The lowest BCUT2D eigenvalue weighted by molar-refractivity contribution is -0.180. The standard InChI is InChI=1S/C19H28N2O3/c1-3-24-17-10-16(19(17)7-5-4-6-8-19)21(2)13-14-9-15(18(22)23)12-20-11-14/h9,11-12,16-17H,3-8,10,13H2,1-2H3,(H,22,23). The molecular weight excluding hydrogens is 304 g/mol. The third-order valence-electron chi connectivity index (χ3n) is 5.90. The fourth-order valence-electron chi connectivity index (χ4n) is 4.73. The topological polar surface area (TPSA) is 62.7 Å². The number of hydrogen-bond donors (Lipinski definition) is 1. The molecule has 5 nitrogen and oxygen atoms in total. The third-order valence-corrected chi connectivity index (χ3v) is 5.90. The van der Waals surface area contributed by atoms with E-state index in [4.69, 9.17) is 9.84 Å². The molecule has 1 aromatic heterocycles. The first-order chi connectivity index (χ1) is 11.6. The van der Waals surface area contributed by atoms with Crippen molar-refractivity contribution < 1.29 is 14.6 Å². The van der Waals surface area contributed by atoms with E-state index < -0.39 is 5.97 Å². The number of carbonyl (C=O) groups is 1. The summed E-state index contributed by atoms with van der Waals surface area (Å²) in [5, 5.41) is 9.13. The molecular formula is C19H28N2O3. The average Bonchev–Trinajstić information content (AvgIpc) is 2.59. The number of carboxylic acid groups (broad SMARTS) is 1. The Morgan fingerprint density at radius 3 is 2.79 bits per heavy atom. The van der Waals surface area contributed by atoms with Gasteiger partial charge in [-0.15, -0.1) is 0 Å². The van der Waals surface area contributed by atoms with Gasteiger partial charge in [-0.25, -0.2) is 4.79 Å². The minimum atomic E-state index is -0.921. The minimum Gasteiger partial charge on any atom is -0.478 e. The van der Waals surface area contributed by atoms with Crippen LogP contribution in [0, 0.1) is 5.41 Å². The Labute approximate surface area is 144 Å². The number of aromatic nitrogens is 1. The Hall–Kier alpha value is -1.46. The molecule has 0 amide bonds. The van der Waals surface area contributed by atoms with E-state index in [0.717, 1.165) is 25.1 Å². The first-order valence-corrected chi connectivity index (χ1v) is 9.06. The normalized spacial score (nSPS) is 25.6. The van der Waals surface area contributed by atoms with Gasteiger partial charge in [0, 0.05) is 37.0 Å². The molecule has 2 aliphatic rings. The summed E-state index contributed by atoms with van der Waals surface area (Å²) < 4.78 is 6.04. The van der Waals surface area contributed by atoms with Crippen LogP contribution in [0.25, 0.3) is 0 Å². The zero-order valence-corrected chi connectivity index (χ0v) is 14.7. The van der Waals surface area contributed by atoms with Gasteiger partial charge in [-0.3, -0.25) is 9.88 Å². The van der Waals surface area contributed by atoms with Crippen molar-refractivity contribution in [1.29, 1.82) is 0 Å². The molecule has 2 fully saturated rings. The number of pyridine rings is 1. The van der Waals surface area contributed by atoms with Crippen LogP contribution < -0.4 is 0 Å². The second-order valence-corrected chi connectivity index (χ2v) is 7.29. The maximum atomic E-state index is 11.1. The number of rotatable bonds is 6. The molecule has 0 bridgehead atoms. The number of nitrogens with zero attached hydrogens (tertiary/aromatic N) is 2. The lowest BCUT2D eigenvalue weighted by Gasteiger charge is -2.60. The van der Waals surface area contributed by atoms with E-state index in [1.54, 1.807) is 12.3 Å². The monoisotopic (exact) mass is 332 g/mol. The summed E-state index contributed by atoms with van der Waals surface area (Å²) in [5.74, 6) is -0.921. The highest BCUT2D eigenvalue weighted by atomic mass is 16.5. The molecule has 2 saturated carbocycles. The van der Waals surface area contributed by atoms with E-state index in [0.29, 0.717) is 17.6 Å². The molecule has 3 rings (SSSR count). The van der Waals surface area contributed by atoms with Crippen LogP contribution >= 0.6 is 0 Å². The van der Waals surface area contributed by atoms with E-state index in [2.05, 4.69) is 23.9 Å². The molecule has 2 aliphatic carbocycles. The largest absolute Gasteiger partial charge is 0.478 e. The van der Waals surface area contributed by atoms with Crippen molar-refractivity contribution in [3.05, 3.63) is 29.6 Å². The summed E-state index contributed by atoms with van der Waals surface area (Å²) in [4.78, 5) is 17.6. The van der Waals surface area contributed by atoms with Crippen molar-refractivity contribution in [2.24, 2.45) is 5.41 Å². The predicted octanol–water partition coefficient (Wildman–Crippen LogP) is 3.34. The van der Waals surface area contributed by atoms with Crippen molar-refractivity contribution in [2.75, 3.05) is 13.7 Å². The minimum absolute atomic E-state index is 0.258. The number of carboxylic acids is 1. The van der Waals surface area contributed by atoms with Gasteiger partial charge >= 0.3 is 5.97 Å². The van der Waals surface area contributed by atoms with E-state index in [1.807, 2.05) is 0 Å². The Balaban J connectivity index is 1.71. The molecule has 0 saturated heterocycles. The van der Waals surface area contributed by atoms with Crippen LogP contribution in [0.4, 0.5) is 0 Å². The highest BCUT2D eigenvalue weighted by molar-refractivity contribution is 5.87. The first-order valence-electron chi connectivity index (χ1n) is 9.06. The fraction of sp³-hybridized carbons (Fsp3) is 0.684. The molecule has 132 valence electrons. The van der Waals surface area contributed by atoms with Gasteiger partial charge in [-0.1, -0.05) is 19.3 Å². The van der Waals surface area contributed by atoms with Gasteiger partial charge in [0.05, 0.1) is 11.7 Å². The smallest absolute Gasteiger partial charge is 0.337 e. The van der Waals surface area contributed by atoms with Crippen LogP contribution in [0.3, 0.4) is 0 Å². The van der Waals surface area contributed by atoms with Gasteiger partial charge in [0.15, 0.2) is 0 Å². The molecule has 1 aromatic rings. The number of ether oxygens (including phenoxy) is 1. The Bertz CT molecular complexity index is 584. The van der Waals surface area contributed by atoms with Crippen LogP contribution in [0.5, 0.6) is 0 Å². The lowest BCUT2D eigenvalue weighted by Crippen LogP contribution is -2.64. The number of hydrogen-bond acceptors (Lipinski definition) is 4. The van der Waals surface area contributed by atoms with Crippen molar-refractivity contribution in [1.82, 2.24) is 9.88 Å². The fourth-order valence-corrected chi connectivity index (χ4v) is 4.73. The summed E-state index contributed by atoms with van der Waals surface area (Å²) in [6.07, 6.45) is 11.1. The quantitative estimate of drug-likeness (QED) is 0.865. The zero-order chi connectivity index (χ0) is 17.2. The van der Waals surface area contributed by atoms with Crippen LogP contribution in [0.1, 0.15) is 61.4 Å². The van der Waals surface area contributed by atoms with Gasteiger partial charge in [-0.05, 0) is 44.9 Å². The molecule has 24 heavy (non-hydrogen) atoms. The molecule has 0 aromatic carbocycles. The maximum Gasteiger partial charge on any atom is 0.337 e. The highest BCUT2D eigenvalue weighted by Gasteiger charge is 2.56. The van der Waals surface area contributed by atoms with Gasteiger partial charge in [0.25, 0.3) is 0 Å². The van der Waals surface area contributed by atoms with Crippen LogP contribution in [-0.2, 0) is 11.3 Å². The summed E-state index contributed by atoms with van der Waals surface area (Å²) in [5.41, 5.74) is 1.51. The molecule has 0 radical (unpaired) electrons. The van der Waals surface area contributed by atoms with Gasteiger partial charge in [-0.2, -0.15) is 0 Å². The summed E-state index contributed by atoms with van der Waals surface area (Å²) >= 11 is 0. The lowest BCUT2D eigenvalue weighted by atomic mass is 9.54. The summed E-state index contributed by atoms with van der Waals surface area (Å²) in [6, 6.07) is 2.25. The van der Waals surface area contributed by atoms with E-state index >= 15 is 0 Å². The predicted molar refractivity (Wildman–Crippen MR) is 92.0 cm³/mol. The Morgan fingerprint density at radius 2 is 2.12 bits per heavy atom. The van der Waals surface area contributed by atoms with Crippen molar-refractivity contribution >= 4 is 5.97 Å². The van der Waals surface area contributed by atoms with Crippen LogP contribution in [-0.4, -0.2) is 46.8 Å². The molecule has 1 spiro atoms. The molecule has 1 N–H and O–H groups in total. The molecule has 0 aliphatic heterocycles. The van der Waals surface area contributed by atoms with E-state index in [9.17, 15) is 4.79 Å². The zero-order valence-electron chi connectivity index (χ0n) is 14.7. The van der Waals surface area contributed by atoms with Crippen molar-refractivity contribution in [2.45, 2.75) is 64.1 Å². The summed E-state index contributed by atoms with van der Waals surface area (Å²) in [6.45, 7) is 3.60. The second kappa shape index (κ2) is 7.19. The van der Waals surface area contributed by atoms with Gasteiger partial charge in [0.2, 0.25) is 0 Å². The molecule has 2 atom stereocenters. The van der Waals surface area contributed by atoms with Gasteiger partial charge in [0.1, 0.15) is 0 Å². The Morgan fingerprint density at radius 1 is 1.38 bits per heavy atom. The van der Waals surface area contributed by atoms with Gasteiger partial charge < -0.3 is 9.84 Å². The first kappa shape index (κ1) is 17.4. The van der Waals surface area contributed by atoms with Crippen molar-refractivity contribution in [3.8, 4) is 0 Å².